The predicted molar refractivity (Wildman–Crippen MR) is 149 cm³/mol. The average Bonchev–Trinajstić information content (AvgIpc) is 3.02. The van der Waals surface area contributed by atoms with Gasteiger partial charge in [0.25, 0.3) is 0 Å². The van der Waals surface area contributed by atoms with Gasteiger partial charge < -0.3 is 9.31 Å². The molecule has 8 heteroatoms. The van der Waals surface area contributed by atoms with E-state index in [1.165, 1.54) is 5.56 Å². The summed E-state index contributed by atoms with van der Waals surface area (Å²) < 4.78 is 28.4. The van der Waals surface area contributed by atoms with E-state index in [4.69, 9.17) is 9.31 Å². The van der Waals surface area contributed by atoms with Gasteiger partial charge in [0.05, 0.1) is 33.0 Å². The summed E-state index contributed by atoms with van der Waals surface area (Å²) in [6.45, 7) is 17.0. The van der Waals surface area contributed by atoms with Gasteiger partial charge in [-0.2, -0.15) is 5.26 Å². The summed E-state index contributed by atoms with van der Waals surface area (Å²) in [5.41, 5.74) is -0.135. The molecule has 0 amide bonds. The van der Waals surface area contributed by atoms with E-state index < -0.39 is 21.3 Å². The second-order valence-electron chi connectivity index (χ2n) is 12.5. The molecular formula is C28H46BN3O3S. The number of nitriles is 1. The summed E-state index contributed by atoms with van der Waals surface area (Å²) in [4.78, 5) is 2.47. The SMILES string of the molecule is CC(C)(C)[S@](=O)NC(C#N)(CCCCB1OC(C)(C)C(C)(C)O1)C1CCN(Cc2ccccc2)CC1. The van der Waals surface area contributed by atoms with Gasteiger partial charge in [-0.1, -0.05) is 43.2 Å². The molecule has 0 spiro atoms. The van der Waals surface area contributed by atoms with Crippen LogP contribution < -0.4 is 4.72 Å². The van der Waals surface area contributed by atoms with E-state index in [9.17, 15) is 9.47 Å². The number of nitrogens with zero attached hydrogens (tertiary/aromatic N) is 2. The van der Waals surface area contributed by atoms with Crippen molar-refractivity contribution in [3.05, 3.63) is 35.9 Å². The van der Waals surface area contributed by atoms with Gasteiger partial charge in [0.2, 0.25) is 0 Å². The highest BCUT2D eigenvalue weighted by Crippen LogP contribution is 2.39. The number of benzene rings is 1. The second kappa shape index (κ2) is 11.7. The van der Waals surface area contributed by atoms with Gasteiger partial charge in [0, 0.05) is 6.54 Å². The molecule has 2 atom stereocenters. The van der Waals surface area contributed by atoms with Gasteiger partial charge in [0.15, 0.2) is 0 Å². The highest BCUT2D eigenvalue weighted by atomic mass is 32.2. The molecule has 200 valence electrons. The van der Waals surface area contributed by atoms with Crippen LogP contribution in [0.25, 0.3) is 0 Å². The van der Waals surface area contributed by atoms with Crippen LogP contribution in [0.15, 0.2) is 30.3 Å². The predicted octanol–water partition coefficient (Wildman–Crippen LogP) is 5.48. The normalized spacial score (nSPS) is 23.2. The van der Waals surface area contributed by atoms with Crippen LogP contribution in [0.4, 0.5) is 0 Å². The fraction of sp³-hybridized carbons (Fsp3) is 0.750. The Balaban J connectivity index is 1.62. The first-order valence-electron chi connectivity index (χ1n) is 13.5. The van der Waals surface area contributed by atoms with Crippen molar-refractivity contribution < 1.29 is 13.5 Å². The molecule has 2 aliphatic heterocycles. The summed E-state index contributed by atoms with van der Waals surface area (Å²) >= 11 is 0. The number of hydrogen-bond donors (Lipinski definition) is 1. The molecule has 2 saturated heterocycles. The molecule has 2 aliphatic rings. The molecule has 0 saturated carbocycles. The van der Waals surface area contributed by atoms with Crippen molar-refractivity contribution in [1.82, 2.24) is 9.62 Å². The van der Waals surface area contributed by atoms with Gasteiger partial charge in [0.1, 0.15) is 5.54 Å². The first-order chi connectivity index (χ1) is 16.8. The van der Waals surface area contributed by atoms with Crippen LogP contribution in [-0.2, 0) is 26.8 Å². The molecule has 0 aromatic heterocycles. The number of nitrogens with one attached hydrogen (secondary N) is 1. The van der Waals surface area contributed by atoms with Gasteiger partial charge >= 0.3 is 7.12 Å². The lowest BCUT2D eigenvalue weighted by molar-refractivity contribution is 0.00578. The Morgan fingerprint density at radius 3 is 2.19 bits per heavy atom. The van der Waals surface area contributed by atoms with Crippen molar-refractivity contribution in [2.75, 3.05) is 13.1 Å². The lowest BCUT2D eigenvalue weighted by Gasteiger charge is -2.42. The molecule has 0 bridgehead atoms. The highest BCUT2D eigenvalue weighted by molar-refractivity contribution is 7.84. The number of rotatable bonds is 10. The molecule has 36 heavy (non-hydrogen) atoms. The second-order valence-corrected chi connectivity index (χ2v) is 14.5. The first-order valence-corrected chi connectivity index (χ1v) is 14.7. The van der Waals surface area contributed by atoms with Crippen molar-refractivity contribution in [1.29, 1.82) is 5.26 Å². The lowest BCUT2D eigenvalue weighted by Crippen LogP contribution is -2.56. The van der Waals surface area contributed by atoms with E-state index in [1.807, 2.05) is 26.8 Å². The van der Waals surface area contributed by atoms with E-state index in [1.54, 1.807) is 0 Å². The van der Waals surface area contributed by atoms with Crippen LogP contribution in [0.3, 0.4) is 0 Å². The van der Waals surface area contributed by atoms with Gasteiger partial charge in [-0.05, 0) is 98.6 Å². The first kappa shape index (κ1) is 29.3. The Morgan fingerprint density at radius 1 is 1.08 bits per heavy atom. The summed E-state index contributed by atoms with van der Waals surface area (Å²) in [5, 5.41) is 10.5. The zero-order valence-electron chi connectivity index (χ0n) is 23.4. The Bertz CT molecular complexity index is 904. The van der Waals surface area contributed by atoms with Crippen molar-refractivity contribution in [3.63, 3.8) is 0 Å². The molecule has 6 nitrogen and oxygen atoms in total. The van der Waals surface area contributed by atoms with Crippen molar-refractivity contribution in [2.24, 2.45) is 5.92 Å². The smallest absolute Gasteiger partial charge is 0.403 e. The average molecular weight is 516 g/mol. The summed E-state index contributed by atoms with van der Waals surface area (Å²) in [7, 11) is -1.53. The minimum absolute atomic E-state index is 0.165. The van der Waals surface area contributed by atoms with E-state index in [0.29, 0.717) is 6.42 Å². The molecule has 1 unspecified atom stereocenters. The molecule has 3 rings (SSSR count). The van der Waals surface area contributed by atoms with E-state index in [2.05, 4.69) is 67.7 Å². The van der Waals surface area contributed by atoms with Crippen LogP contribution in [0.2, 0.25) is 6.32 Å². The Kier molecular flexibility index (Phi) is 9.49. The van der Waals surface area contributed by atoms with Crippen LogP contribution in [-0.4, -0.2) is 50.8 Å². The molecule has 0 radical (unpaired) electrons. The van der Waals surface area contributed by atoms with Crippen LogP contribution >= 0.6 is 0 Å². The standard InChI is InChI=1S/C28H46BN3O3S/c1-25(2,3)36(33)31-28(22-30,17-11-12-18-29-34-26(4,5)27(6,7)35-29)24-15-19-32(20-16-24)21-23-13-9-8-10-14-23/h8-10,13-14,24,31H,11-12,15-21H2,1-7H3/t28?,36-/m0/s1. The van der Waals surface area contributed by atoms with Crippen LogP contribution in [0.5, 0.6) is 0 Å². The van der Waals surface area contributed by atoms with Gasteiger partial charge in [-0.25, -0.2) is 8.93 Å². The molecule has 1 aromatic rings. The minimum atomic E-state index is -1.31. The van der Waals surface area contributed by atoms with Crippen molar-refractivity contribution in [2.45, 2.75) is 115 Å². The number of likely N-dealkylation sites (tertiary alicyclic amines) is 1. The topological polar surface area (TPSA) is 74.6 Å². The summed E-state index contributed by atoms with van der Waals surface area (Å²) in [6, 6.07) is 13.2. The highest BCUT2D eigenvalue weighted by Gasteiger charge is 2.50. The number of piperidine rings is 1. The van der Waals surface area contributed by atoms with Crippen molar-refractivity contribution in [3.8, 4) is 6.07 Å². The Hall–Kier alpha value is -1.24. The maximum atomic E-state index is 13.2. The fourth-order valence-corrected chi connectivity index (χ4v) is 6.00. The van der Waals surface area contributed by atoms with Crippen LogP contribution in [0.1, 0.15) is 86.1 Å². The Labute approximate surface area is 222 Å². The molecule has 2 fully saturated rings. The minimum Gasteiger partial charge on any atom is -0.403 e. The van der Waals surface area contributed by atoms with E-state index >= 15 is 0 Å². The molecule has 1 aromatic carbocycles. The van der Waals surface area contributed by atoms with E-state index in [0.717, 1.165) is 51.6 Å². The van der Waals surface area contributed by atoms with Crippen LogP contribution in [0, 0.1) is 17.2 Å². The molecular weight excluding hydrogens is 469 g/mol. The van der Waals surface area contributed by atoms with Gasteiger partial charge in [-0.3, -0.25) is 4.90 Å². The third kappa shape index (κ3) is 7.20. The maximum absolute atomic E-state index is 13.2. The third-order valence-corrected chi connectivity index (χ3v) is 9.79. The number of hydrogen-bond acceptors (Lipinski definition) is 5. The summed E-state index contributed by atoms with van der Waals surface area (Å²) in [6.07, 6.45) is 5.07. The largest absolute Gasteiger partial charge is 0.457 e. The maximum Gasteiger partial charge on any atom is 0.457 e. The Morgan fingerprint density at radius 2 is 1.67 bits per heavy atom. The van der Waals surface area contributed by atoms with E-state index in [-0.39, 0.29) is 24.2 Å². The zero-order valence-corrected chi connectivity index (χ0v) is 24.2. The third-order valence-electron chi connectivity index (χ3n) is 8.13. The lowest BCUT2D eigenvalue weighted by atomic mass is 9.75. The molecule has 0 aliphatic carbocycles. The number of unbranched alkanes of at least 4 members (excludes halogenated alkanes) is 1. The van der Waals surface area contributed by atoms with Crippen molar-refractivity contribution >= 4 is 18.1 Å². The fourth-order valence-electron chi connectivity index (χ4n) is 5.05. The molecule has 2 heterocycles. The summed E-state index contributed by atoms with van der Waals surface area (Å²) in [5.74, 6) is 0.165. The van der Waals surface area contributed by atoms with Gasteiger partial charge in [-0.15, -0.1) is 0 Å². The zero-order chi connectivity index (χ0) is 26.6. The monoisotopic (exact) mass is 515 g/mol. The molecule has 1 N–H and O–H groups in total. The quantitative estimate of drug-likeness (QED) is 0.330.